The second kappa shape index (κ2) is 8.18. The summed E-state index contributed by atoms with van der Waals surface area (Å²) >= 11 is 3.43. The summed E-state index contributed by atoms with van der Waals surface area (Å²) in [6, 6.07) is 8.10. The van der Waals surface area contributed by atoms with Crippen molar-refractivity contribution in [1.82, 2.24) is 8.61 Å². The van der Waals surface area contributed by atoms with Gasteiger partial charge in [0.2, 0.25) is 0 Å². The molecule has 2 saturated heterocycles. The van der Waals surface area contributed by atoms with Gasteiger partial charge < -0.3 is 0 Å². The van der Waals surface area contributed by atoms with Gasteiger partial charge in [-0.3, -0.25) is 0 Å². The van der Waals surface area contributed by atoms with E-state index in [0.717, 1.165) is 41.7 Å². The number of rotatable bonds is 5. The quantitative estimate of drug-likeness (QED) is 0.542. The Kier molecular flexibility index (Phi) is 6.33. The van der Waals surface area contributed by atoms with Crippen molar-refractivity contribution in [2.75, 3.05) is 25.9 Å². The number of thiol groups is 1. The highest BCUT2D eigenvalue weighted by Gasteiger charge is 2.43. The van der Waals surface area contributed by atoms with E-state index in [0.29, 0.717) is 19.4 Å². The first-order chi connectivity index (χ1) is 12.3. The first-order valence-electron chi connectivity index (χ1n) is 8.74. The number of nitrogens with zero attached hydrogens (tertiary/aromatic N) is 4. The predicted octanol–water partition coefficient (Wildman–Crippen LogP) is 2.78. The Hall–Kier alpha value is -0.610. The van der Waals surface area contributed by atoms with Gasteiger partial charge in [-0.05, 0) is 43.9 Å². The molecule has 2 unspecified atom stereocenters. The summed E-state index contributed by atoms with van der Waals surface area (Å²) in [6.45, 7) is 4.31. The normalized spacial score (nSPS) is 28.5. The zero-order chi connectivity index (χ0) is 18.8. The minimum absolute atomic E-state index is 0.0207. The molecular weight excluding hydrogens is 436 g/mol. The number of halogens is 1. The summed E-state index contributed by atoms with van der Waals surface area (Å²) in [5.41, 5.74) is 1.48. The highest BCUT2D eigenvalue weighted by Crippen LogP contribution is 2.31. The van der Waals surface area contributed by atoms with Crippen molar-refractivity contribution in [3.63, 3.8) is 0 Å². The van der Waals surface area contributed by atoms with Crippen LogP contribution in [0.25, 0.3) is 0 Å². The molecule has 0 spiro atoms. The topological polar surface area (TPSA) is 65.3 Å². The van der Waals surface area contributed by atoms with Gasteiger partial charge in [0.1, 0.15) is 9.92 Å². The average molecular weight is 461 g/mol. The minimum Gasteiger partial charge on any atom is -0.246 e. The Morgan fingerprint density at radius 2 is 1.88 bits per heavy atom. The smallest absolute Gasteiger partial charge is 0.130 e. The summed E-state index contributed by atoms with van der Waals surface area (Å²) in [7, 11) is -2.48. The minimum atomic E-state index is -2.48. The van der Waals surface area contributed by atoms with Gasteiger partial charge in [-0.1, -0.05) is 32.5 Å². The van der Waals surface area contributed by atoms with Crippen LogP contribution in [0, 0.1) is 0 Å². The average Bonchev–Trinajstić information content (AvgIpc) is 3.24. The fraction of sp³-hybridized carbons (Fsp3) is 0.588. The predicted molar refractivity (Wildman–Crippen MR) is 112 cm³/mol. The maximum absolute atomic E-state index is 12.9. The van der Waals surface area contributed by atoms with Crippen LogP contribution in [0.5, 0.6) is 0 Å². The molecule has 0 amide bonds. The Morgan fingerprint density at radius 1 is 1.23 bits per heavy atom. The van der Waals surface area contributed by atoms with Crippen molar-refractivity contribution >= 4 is 43.4 Å². The molecule has 9 heteroatoms. The molecule has 3 rings (SSSR count). The van der Waals surface area contributed by atoms with Crippen molar-refractivity contribution in [2.24, 2.45) is 9.57 Å². The van der Waals surface area contributed by atoms with Gasteiger partial charge in [-0.2, -0.15) is 0 Å². The summed E-state index contributed by atoms with van der Waals surface area (Å²) in [4.78, 5) is 0. The molecule has 26 heavy (non-hydrogen) atoms. The molecule has 0 radical (unpaired) electrons. The lowest BCUT2D eigenvalue weighted by molar-refractivity contribution is 0.343. The molecule has 2 aliphatic heterocycles. The van der Waals surface area contributed by atoms with Crippen LogP contribution >= 0.6 is 15.9 Å². The largest absolute Gasteiger partial charge is 0.246 e. The van der Waals surface area contributed by atoms with E-state index >= 15 is 0 Å². The van der Waals surface area contributed by atoms with Crippen molar-refractivity contribution < 1.29 is 8.42 Å². The molecule has 1 aromatic carbocycles. The third-order valence-corrected chi connectivity index (χ3v) is 8.24. The summed E-state index contributed by atoms with van der Waals surface area (Å²) < 4.78 is 33.6. The van der Waals surface area contributed by atoms with Gasteiger partial charge in [0.25, 0.3) is 0 Å². The fourth-order valence-electron chi connectivity index (χ4n) is 3.56. The van der Waals surface area contributed by atoms with Crippen LogP contribution in [-0.4, -0.2) is 54.2 Å². The first-order valence-corrected chi connectivity index (χ1v) is 12.2. The van der Waals surface area contributed by atoms with Gasteiger partial charge in [-0.15, -0.1) is 5.10 Å². The zero-order valence-electron chi connectivity index (χ0n) is 15.1. The zero-order valence-corrected chi connectivity index (χ0v) is 18.4. The molecule has 2 aliphatic rings. The number of hydrogen-bond acceptors (Lipinski definition) is 3. The Balaban J connectivity index is 1.90. The van der Waals surface area contributed by atoms with Crippen LogP contribution in [0.3, 0.4) is 0 Å². The van der Waals surface area contributed by atoms with Crippen LogP contribution in [0.1, 0.15) is 31.7 Å². The molecule has 1 aromatic rings. The second-order valence-corrected chi connectivity index (χ2v) is 10.8. The van der Waals surface area contributed by atoms with E-state index in [-0.39, 0.29) is 11.9 Å². The molecule has 6 nitrogen and oxygen atoms in total. The lowest BCUT2D eigenvalue weighted by Crippen LogP contribution is -2.45. The van der Waals surface area contributed by atoms with Gasteiger partial charge in [0, 0.05) is 36.8 Å². The molecular formula is C17H25BrN4O2S2. The van der Waals surface area contributed by atoms with E-state index in [2.05, 4.69) is 37.6 Å². The molecule has 144 valence electrons. The number of benzene rings is 1. The Bertz CT molecular complexity index is 815. The van der Waals surface area contributed by atoms with E-state index in [4.69, 9.17) is 0 Å². The molecule has 0 aliphatic carbocycles. The maximum atomic E-state index is 12.9. The Labute approximate surface area is 168 Å². The van der Waals surface area contributed by atoms with E-state index in [9.17, 15) is 8.42 Å². The highest BCUT2D eigenvalue weighted by atomic mass is 79.9. The molecule has 0 N–H and O–H groups in total. The molecule has 0 saturated carbocycles. The fourth-order valence-corrected chi connectivity index (χ4v) is 5.66. The number of hydrogen-bond donors (Lipinski definition) is 1. The van der Waals surface area contributed by atoms with Gasteiger partial charge in [-0.25, -0.2) is 17.0 Å². The van der Waals surface area contributed by atoms with E-state index in [1.807, 2.05) is 27.7 Å². The summed E-state index contributed by atoms with van der Waals surface area (Å²) in [5, 5.41) is 4.43. The molecule has 0 aromatic heterocycles. The maximum Gasteiger partial charge on any atom is 0.130 e. The van der Waals surface area contributed by atoms with Crippen molar-refractivity contribution in [3.8, 4) is 0 Å². The standard InChI is InChI=1S/C17H25BrN4O2S2/c1-17(13-14-5-7-15(18)8-6-14)16(9-12-22(17)25-23)19-20-26(2,24)21-10-3-4-11-21/h5-8,25H,3-4,9-13H2,1-2H3. The highest BCUT2D eigenvalue weighted by molar-refractivity contribution is 9.10. The third kappa shape index (κ3) is 4.27. The first kappa shape index (κ1) is 20.1. The van der Waals surface area contributed by atoms with Crippen molar-refractivity contribution in [3.05, 3.63) is 34.3 Å². The monoisotopic (exact) mass is 460 g/mol. The molecule has 2 fully saturated rings. The van der Waals surface area contributed by atoms with Crippen LogP contribution < -0.4 is 0 Å². The van der Waals surface area contributed by atoms with E-state index in [1.54, 1.807) is 6.26 Å². The molecule has 2 atom stereocenters. The van der Waals surface area contributed by atoms with Crippen LogP contribution in [0.4, 0.5) is 0 Å². The van der Waals surface area contributed by atoms with Crippen LogP contribution in [-0.2, 0) is 28.2 Å². The van der Waals surface area contributed by atoms with Gasteiger partial charge in [0.15, 0.2) is 0 Å². The van der Waals surface area contributed by atoms with E-state index < -0.39 is 15.5 Å². The Morgan fingerprint density at radius 3 is 2.50 bits per heavy atom. The summed E-state index contributed by atoms with van der Waals surface area (Å²) in [5.74, 6) is 0. The molecule has 0 bridgehead atoms. The lowest BCUT2D eigenvalue weighted by Gasteiger charge is -2.31. The van der Waals surface area contributed by atoms with Crippen molar-refractivity contribution in [2.45, 2.75) is 38.1 Å². The second-order valence-electron chi connectivity index (χ2n) is 7.06. The molecule has 2 heterocycles. The van der Waals surface area contributed by atoms with Crippen molar-refractivity contribution in [1.29, 1.82) is 0 Å². The SMILES string of the molecule is CC1(Cc2ccc(Br)cc2)C(=NN=S(C)(=O)N2CCCC2)CCN1[SH]=O. The van der Waals surface area contributed by atoms with E-state index in [1.165, 1.54) is 0 Å². The van der Waals surface area contributed by atoms with Gasteiger partial charge >= 0.3 is 0 Å². The van der Waals surface area contributed by atoms with Crippen LogP contribution in [0.2, 0.25) is 0 Å². The van der Waals surface area contributed by atoms with Gasteiger partial charge in [0.05, 0.1) is 23.1 Å². The third-order valence-electron chi connectivity index (χ3n) is 5.17. The lowest BCUT2D eigenvalue weighted by atomic mass is 9.89. The summed E-state index contributed by atoms with van der Waals surface area (Å²) in [6.07, 6.45) is 5.13. The van der Waals surface area contributed by atoms with Crippen LogP contribution in [0.15, 0.2) is 38.3 Å².